The minimum absolute atomic E-state index is 0.0413. The van der Waals surface area contributed by atoms with Gasteiger partial charge in [-0.25, -0.2) is 8.42 Å². The maximum Gasteiger partial charge on any atom is 0.243 e. The highest BCUT2D eigenvalue weighted by Crippen LogP contribution is 2.26. The van der Waals surface area contributed by atoms with Crippen LogP contribution >= 0.6 is 0 Å². The Balaban J connectivity index is 1.60. The molecule has 0 saturated carbocycles. The van der Waals surface area contributed by atoms with Crippen LogP contribution in [0.4, 0.5) is 0 Å². The van der Waals surface area contributed by atoms with Gasteiger partial charge in [-0.15, -0.1) is 0 Å². The number of nitrogens with one attached hydrogen (secondary N) is 1. The van der Waals surface area contributed by atoms with Crippen LogP contribution in [0.15, 0.2) is 47.4 Å². The van der Waals surface area contributed by atoms with E-state index in [1.165, 1.54) is 0 Å². The van der Waals surface area contributed by atoms with E-state index in [2.05, 4.69) is 5.32 Å². The molecule has 0 unspecified atom stereocenters. The number of carbonyl (C=O) groups excluding carboxylic acids is 1. The Hall–Kier alpha value is -2.22. The van der Waals surface area contributed by atoms with E-state index in [-0.39, 0.29) is 11.9 Å². The number of aryl methyl sites for hydroxylation is 3. The van der Waals surface area contributed by atoms with Crippen molar-refractivity contribution in [3.05, 3.63) is 64.7 Å². The van der Waals surface area contributed by atoms with Crippen LogP contribution in [0.1, 0.15) is 29.2 Å². The van der Waals surface area contributed by atoms with Crippen LogP contribution in [-0.2, 0) is 21.4 Å². The van der Waals surface area contributed by atoms with E-state index >= 15 is 0 Å². The van der Waals surface area contributed by atoms with Gasteiger partial charge in [0.25, 0.3) is 0 Å². The second-order valence-corrected chi connectivity index (χ2v) is 9.92. The summed E-state index contributed by atoms with van der Waals surface area (Å²) in [5.74, 6) is -0.0413. The summed E-state index contributed by atoms with van der Waals surface area (Å²) < 4.78 is 28.0. The maximum atomic E-state index is 13.2. The van der Waals surface area contributed by atoms with E-state index in [0.29, 0.717) is 37.6 Å². The second-order valence-electron chi connectivity index (χ2n) is 8.05. The molecular formula is C23H31N3O3S. The molecule has 0 spiro atoms. The molecule has 1 aliphatic heterocycles. The SMILES string of the molecule is Cc1cc(C)c(S(=O)(=O)N2CCN([C@H](C)C(=O)NCc3ccccc3)CC2)c(C)c1. The average Bonchev–Trinajstić information content (AvgIpc) is 2.71. The smallest absolute Gasteiger partial charge is 0.243 e. The summed E-state index contributed by atoms with van der Waals surface area (Å²) in [6.07, 6.45) is 0. The van der Waals surface area contributed by atoms with E-state index < -0.39 is 10.0 Å². The number of carbonyl (C=O) groups is 1. The van der Waals surface area contributed by atoms with Crippen LogP contribution in [-0.4, -0.2) is 55.8 Å². The summed E-state index contributed by atoms with van der Waals surface area (Å²) in [6.45, 7) is 9.86. The summed E-state index contributed by atoms with van der Waals surface area (Å²) in [6, 6.07) is 13.3. The Morgan fingerprint density at radius 1 is 1.00 bits per heavy atom. The van der Waals surface area contributed by atoms with Crippen LogP contribution in [0.3, 0.4) is 0 Å². The van der Waals surface area contributed by atoms with E-state index in [9.17, 15) is 13.2 Å². The van der Waals surface area contributed by atoms with E-state index in [1.54, 1.807) is 4.31 Å². The molecule has 1 atom stereocenters. The van der Waals surface area contributed by atoms with E-state index in [1.807, 2.05) is 75.1 Å². The van der Waals surface area contributed by atoms with Gasteiger partial charge in [0.2, 0.25) is 15.9 Å². The van der Waals surface area contributed by atoms with E-state index in [0.717, 1.165) is 22.3 Å². The summed E-state index contributed by atoms with van der Waals surface area (Å²) in [4.78, 5) is 15.0. The Bertz CT molecular complexity index is 975. The normalized spacial score (nSPS) is 16.9. The molecule has 2 aromatic carbocycles. The highest BCUT2D eigenvalue weighted by atomic mass is 32.2. The summed E-state index contributed by atoms with van der Waals surface area (Å²) >= 11 is 0. The third-order valence-corrected chi connectivity index (χ3v) is 7.92. The fourth-order valence-electron chi connectivity index (χ4n) is 4.13. The number of sulfonamides is 1. The van der Waals surface area contributed by atoms with Gasteiger partial charge in [0.15, 0.2) is 0 Å². The van der Waals surface area contributed by atoms with E-state index in [4.69, 9.17) is 0 Å². The van der Waals surface area contributed by atoms with Crippen molar-refractivity contribution in [1.29, 1.82) is 0 Å². The van der Waals surface area contributed by atoms with Gasteiger partial charge in [-0.2, -0.15) is 4.31 Å². The van der Waals surface area contributed by atoms with Crippen LogP contribution in [0.5, 0.6) is 0 Å². The zero-order valence-electron chi connectivity index (χ0n) is 18.2. The number of amides is 1. The Labute approximate surface area is 179 Å². The first-order valence-electron chi connectivity index (χ1n) is 10.3. The van der Waals surface area contributed by atoms with Crippen LogP contribution < -0.4 is 5.32 Å². The van der Waals surface area contributed by atoms with Crippen molar-refractivity contribution in [3.8, 4) is 0 Å². The predicted octanol–water partition coefficient (Wildman–Crippen LogP) is 2.62. The van der Waals surface area contributed by atoms with Gasteiger partial charge in [-0.05, 0) is 44.4 Å². The number of piperazine rings is 1. The molecule has 3 rings (SSSR count). The number of hydrogen-bond acceptors (Lipinski definition) is 4. The molecule has 1 amide bonds. The Kier molecular flexibility index (Phi) is 6.95. The highest BCUT2D eigenvalue weighted by Gasteiger charge is 2.33. The molecule has 1 fully saturated rings. The fourth-order valence-corrected chi connectivity index (χ4v) is 5.97. The molecule has 1 aliphatic rings. The molecule has 1 saturated heterocycles. The standard InChI is InChI=1S/C23H31N3O3S/c1-17-14-18(2)22(19(3)15-17)30(28,29)26-12-10-25(11-13-26)20(4)23(27)24-16-21-8-6-5-7-9-21/h5-9,14-15,20H,10-13,16H2,1-4H3,(H,24,27)/t20-/m1/s1. The molecule has 162 valence electrons. The van der Waals surface area contributed by atoms with Gasteiger partial charge in [0, 0.05) is 32.7 Å². The van der Waals surface area contributed by atoms with Gasteiger partial charge in [-0.1, -0.05) is 48.0 Å². The monoisotopic (exact) mass is 429 g/mol. The van der Waals surface area contributed by atoms with Crippen molar-refractivity contribution in [2.75, 3.05) is 26.2 Å². The van der Waals surface area contributed by atoms with Gasteiger partial charge in [0.1, 0.15) is 0 Å². The molecule has 0 aromatic heterocycles. The highest BCUT2D eigenvalue weighted by molar-refractivity contribution is 7.89. The Morgan fingerprint density at radius 2 is 1.57 bits per heavy atom. The third kappa shape index (κ3) is 4.91. The molecule has 0 aliphatic carbocycles. The lowest BCUT2D eigenvalue weighted by Gasteiger charge is -2.37. The molecule has 1 heterocycles. The van der Waals surface area contributed by atoms with Crippen LogP contribution in [0.25, 0.3) is 0 Å². The molecule has 7 heteroatoms. The summed E-state index contributed by atoms with van der Waals surface area (Å²) in [7, 11) is -3.55. The van der Waals surface area contributed by atoms with Gasteiger partial charge < -0.3 is 5.32 Å². The molecule has 0 bridgehead atoms. The summed E-state index contributed by atoms with van der Waals surface area (Å²) in [5.41, 5.74) is 3.68. The van der Waals surface area contributed by atoms with Crippen LogP contribution in [0.2, 0.25) is 0 Å². The van der Waals surface area contributed by atoms with Crippen molar-refractivity contribution in [1.82, 2.24) is 14.5 Å². The van der Waals surface area contributed by atoms with Gasteiger partial charge in [-0.3, -0.25) is 9.69 Å². The van der Waals surface area contributed by atoms with Crippen molar-refractivity contribution in [2.45, 2.75) is 45.2 Å². The predicted molar refractivity (Wildman–Crippen MR) is 119 cm³/mol. The minimum atomic E-state index is -3.55. The largest absolute Gasteiger partial charge is 0.351 e. The number of rotatable bonds is 6. The molecular weight excluding hydrogens is 398 g/mol. The zero-order chi connectivity index (χ0) is 21.9. The third-order valence-electron chi connectivity index (χ3n) is 5.71. The lowest BCUT2D eigenvalue weighted by Crippen LogP contribution is -2.54. The Morgan fingerprint density at radius 3 is 2.13 bits per heavy atom. The molecule has 2 aromatic rings. The first kappa shape index (κ1) is 22.5. The topological polar surface area (TPSA) is 69.7 Å². The van der Waals surface area contributed by atoms with Crippen molar-refractivity contribution < 1.29 is 13.2 Å². The molecule has 6 nitrogen and oxygen atoms in total. The van der Waals surface area contributed by atoms with Crippen molar-refractivity contribution >= 4 is 15.9 Å². The maximum absolute atomic E-state index is 13.2. The number of hydrogen-bond donors (Lipinski definition) is 1. The lowest BCUT2D eigenvalue weighted by molar-refractivity contribution is -0.126. The van der Waals surface area contributed by atoms with Gasteiger partial charge in [0.05, 0.1) is 10.9 Å². The zero-order valence-corrected chi connectivity index (χ0v) is 19.0. The fraction of sp³-hybridized carbons (Fsp3) is 0.435. The van der Waals surface area contributed by atoms with Gasteiger partial charge >= 0.3 is 0 Å². The number of benzene rings is 2. The minimum Gasteiger partial charge on any atom is -0.351 e. The molecule has 0 radical (unpaired) electrons. The first-order chi connectivity index (χ1) is 14.2. The van der Waals surface area contributed by atoms with Crippen molar-refractivity contribution in [3.63, 3.8) is 0 Å². The first-order valence-corrected chi connectivity index (χ1v) is 11.8. The number of nitrogens with zero attached hydrogens (tertiary/aromatic N) is 2. The van der Waals surface area contributed by atoms with Crippen LogP contribution in [0, 0.1) is 20.8 Å². The second kappa shape index (κ2) is 9.29. The molecule has 30 heavy (non-hydrogen) atoms. The summed E-state index contributed by atoms with van der Waals surface area (Å²) in [5, 5.41) is 2.97. The lowest BCUT2D eigenvalue weighted by atomic mass is 10.1. The molecule has 1 N–H and O–H groups in total. The average molecular weight is 430 g/mol. The van der Waals surface area contributed by atoms with Crippen molar-refractivity contribution in [2.24, 2.45) is 0 Å². The quantitative estimate of drug-likeness (QED) is 0.766.